The summed E-state index contributed by atoms with van der Waals surface area (Å²) in [6.07, 6.45) is 1.74. The van der Waals surface area contributed by atoms with Crippen LogP contribution in [0.5, 0.6) is 0 Å². The summed E-state index contributed by atoms with van der Waals surface area (Å²) >= 11 is 9.46. The predicted molar refractivity (Wildman–Crippen MR) is 99.8 cm³/mol. The third-order valence-electron chi connectivity index (χ3n) is 3.81. The molecule has 4 rings (SSSR count). The molecule has 24 heavy (non-hydrogen) atoms. The first-order chi connectivity index (χ1) is 11.6. The molecule has 0 atom stereocenters. The SMILES string of the molecule is O=C1Nc2ccc(Cl)cc2/C1=C\c1ccc(-c2ccc(Br)cc2)o1. The Morgan fingerprint density at radius 3 is 2.62 bits per heavy atom. The summed E-state index contributed by atoms with van der Waals surface area (Å²) < 4.78 is 6.87. The maximum absolute atomic E-state index is 12.2. The van der Waals surface area contributed by atoms with Crippen molar-refractivity contribution in [1.29, 1.82) is 0 Å². The minimum absolute atomic E-state index is 0.158. The summed E-state index contributed by atoms with van der Waals surface area (Å²) in [5.41, 5.74) is 3.07. The van der Waals surface area contributed by atoms with Gasteiger partial charge in [0, 0.05) is 26.3 Å². The number of nitrogens with one attached hydrogen (secondary N) is 1. The zero-order chi connectivity index (χ0) is 16.7. The standard InChI is InChI=1S/C19H11BrClNO2/c20-12-3-1-11(2-4-12)18-8-6-14(24-18)10-16-15-9-13(21)5-7-17(15)22-19(16)23/h1-10H,(H,22,23)/b16-10+. The summed E-state index contributed by atoms with van der Waals surface area (Å²) in [5.74, 6) is 1.21. The van der Waals surface area contributed by atoms with Gasteiger partial charge in [-0.15, -0.1) is 0 Å². The van der Waals surface area contributed by atoms with Crippen LogP contribution in [0.1, 0.15) is 11.3 Å². The first-order valence-electron chi connectivity index (χ1n) is 7.29. The fourth-order valence-electron chi connectivity index (χ4n) is 2.65. The Kier molecular flexibility index (Phi) is 3.79. The van der Waals surface area contributed by atoms with Crippen molar-refractivity contribution in [3.63, 3.8) is 0 Å². The Morgan fingerprint density at radius 2 is 1.83 bits per heavy atom. The molecule has 0 aliphatic carbocycles. The van der Waals surface area contributed by atoms with Crippen LogP contribution in [0.25, 0.3) is 23.0 Å². The van der Waals surface area contributed by atoms with Gasteiger partial charge in [-0.2, -0.15) is 0 Å². The largest absolute Gasteiger partial charge is 0.457 e. The van der Waals surface area contributed by atoms with Gasteiger partial charge in [0.2, 0.25) is 0 Å². The number of hydrogen-bond acceptors (Lipinski definition) is 2. The van der Waals surface area contributed by atoms with Gasteiger partial charge in [0.15, 0.2) is 0 Å². The second-order valence-corrected chi connectivity index (χ2v) is 6.76. The molecule has 3 nitrogen and oxygen atoms in total. The van der Waals surface area contributed by atoms with E-state index in [-0.39, 0.29) is 5.91 Å². The van der Waals surface area contributed by atoms with E-state index < -0.39 is 0 Å². The van der Waals surface area contributed by atoms with Crippen LogP contribution in [0.3, 0.4) is 0 Å². The van der Waals surface area contributed by atoms with Crippen LogP contribution in [0, 0.1) is 0 Å². The molecule has 0 fully saturated rings. The van der Waals surface area contributed by atoms with Gasteiger partial charge in [0.1, 0.15) is 11.5 Å². The molecule has 2 heterocycles. The second kappa shape index (κ2) is 5.96. The number of fused-ring (bicyclic) bond motifs is 1. The average Bonchev–Trinajstić information content (AvgIpc) is 3.14. The third kappa shape index (κ3) is 2.79. The maximum atomic E-state index is 12.2. The molecule has 0 bridgehead atoms. The van der Waals surface area contributed by atoms with Crippen LogP contribution in [0.15, 0.2) is 63.5 Å². The fourth-order valence-corrected chi connectivity index (χ4v) is 3.08. The van der Waals surface area contributed by atoms with Gasteiger partial charge in [0.05, 0.1) is 5.57 Å². The highest BCUT2D eigenvalue weighted by atomic mass is 79.9. The lowest BCUT2D eigenvalue weighted by Gasteiger charge is -1.99. The summed E-state index contributed by atoms with van der Waals surface area (Å²) in [5, 5.41) is 3.42. The average molecular weight is 401 g/mol. The first-order valence-corrected chi connectivity index (χ1v) is 8.46. The van der Waals surface area contributed by atoms with E-state index in [1.165, 1.54) is 0 Å². The van der Waals surface area contributed by atoms with Crippen LogP contribution < -0.4 is 5.32 Å². The molecule has 1 aliphatic rings. The van der Waals surface area contributed by atoms with Crippen molar-refractivity contribution >= 4 is 50.8 Å². The molecule has 1 amide bonds. The summed E-state index contributed by atoms with van der Waals surface area (Å²) in [4.78, 5) is 12.2. The monoisotopic (exact) mass is 399 g/mol. The summed E-state index contributed by atoms with van der Waals surface area (Å²) in [6.45, 7) is 0. The lowest BCUT2D eigenvalue weighted by molar-refractivity contribution is -0.110. The molecule has 0 radical (unpaired) electrons. The summed E-state index contributed by atoms with van der Waals surface area (Å²) in [7, 11) is 0. The molecule has 1 aromatic heterocycles. The number of carbonyl (C=O) groups is 1. The zero-order valence-corrected chi connectivity index (χ0v) is 14.7. The second-order valence-electron chi connectivity index (χ2n) is 5.41. The van der Waals surface area contributed by atoms with Crippen LogP contribution in [0.4, 0.5) is 5.69 Å². The van der Waals surface area contributed by atoms with Crippen LogP contribution in [0.2, 0.25) is 5.02 Å². The molecule has 1 N–H and O–H groups in total. The van der Waals surface area contributed by atoms with Gasteiger partial charge in [-0.3, -0.25) is 4.79 Å². The normalized spacial score (nSPS) is 14.8. The lowest BCUT2D eigenvalue weighted by atomic mass is 10.1. The molecule has 2 aromatic carbocycles. The van der Waals surface area contributed by atoms with E-state index in [9.17, 15) is 4.79 Å². The highest BCUT2D eigenvalue weighted by Gasteiger charge is 2.24. The van der Waals surface area contributed by atoms with E-state index in [1.807, 2.05) is 36.4 Å². The molecule has 118 valence electrons. The van der Waals surface area contributed by atoms with Gasteiger partial charge in [-0.25, -0.2) is 0 Å². The number of amides is 1. The molecule has 0 saturated carbocycles. The lowest BCUT2D eigenvalue weighted by Crippen LogP contribution is -2.03. The number of halogens is 2. The third-order valence-corrected chi connectivity index (χ3v) is 4.57. The Hall–Kier alpha value is -2.30. The smallest absolute Gasteiger partial charge is 0.256 e. The molecule has 5 heteroatoms. The van der Waals surface area contributed by atoms with Crippen molar-refractivity contribution in [2.24, 2.45) is 0 Å². The number of anilines is 1. The molecule has 1 aliphatic heterocycles. The van der Waals surface area contributed by atoms with Crippen molar-refractivity contribution in [2.45, 2.75) is 0 Å². The topological polar surface area (TPSA) is 42.2 Å². The number of furan rings is 1. The van der Waals surface area contributed by atoms with Crippen LogP contribution in [-0.4, -0.2) is 5.91 Å². The Balaban J connectivity index is 1.71. The Morgan fingerprint density at radius 1 is 1.04 bits per heavy atom. The summed E-state index contributed by atoms with van der Waals surface area (Å²) in [6, 6.07) is 16.9. The van der Waals surface area contributed by atoms with Crippen molar-refractivity contribution in [3.8, 4) is 11.3 Å². The number of benzene rings is 2. The van der Waals surface area contributed by atoms with E-state index >= 15 is 0 Å². The van der Waals surface area contributed by atoms with Gasteiger partial charge in [0.25, 0.3) is 5.91 Å². The molecule has 0 saturated heterocycles. The van der Waals surface area contributed by atoms with Gasteiger partial charge < -0.3 is 9.73 Å². The zero-order valence-electron chi connectivity index (χ0n) is 12.3. The number of rotatable bonds is 2. The van der Waals surface area contributed by atoms with Crippen molar-refractivity contribution in [2.75, 3.05) is 5.32 Å². The first kappa shape index (κ1) is 15.2. The quantitative estimate of drug-likeness (QED) is 0.548. The minimum atomic E-state index is -0.158. The highest BCUT2D eigenvalue weighted by molar-refractivity contribution is 9.10. The van der Waals surface area contributed by atoms with E-state index in [2.05, 4.69) is 21.2 Å². The molecule has 0 spiro atoms. The van der Waals surface area contributed by atoms with Gasteiger partial charge in [-0.05, 0) is 48.5 Å². The van der Waals surface area contributed by atoms with Crippen molar-refractivity contribution in [3.05, 3.63) is 75.4 Å². The van der Waals surface area contributed by atoms with Crippen molar-refractivity contribution < 1.29 is 9.21 Å². The van der Waals surface area contributed by atoms with Gasteiger partial charge in [-0.1, -0.05) is 39.7 Å². The highest BCUT2D eigenvalue weighted by Crippen LogP contribution is 2.35. The minimum Gasteiger partial charge on any atom is -0.457 e. The molecule has 3 aromatic rings. The molecular weight excluding hydrogens is 390 g/mol. The Labute approximate surface area is 152 Å². The maximum Gasteiger partial charge on any atom is 0.256 e. The fraction of sp³-hybridized carbons (Fsp3) is 0. The predicted octanol–water partition coefficient (Wildman–Crippen LogP) is 5.86. The van der Waals surface area contributed by atoms with E-state index in [1.54, 1.807) is 24.3 Å². The van der Waals surface area contributed by atoms with E-state index in [0.717, 1.165) is 27.0 Å². The Bertz CT molecular complexity index is 973. The molecular formula is C19H11BrClNO2. The van der Waals surface area contributed by atoms with Crippen LogP contribution >= 0.6 is 27.5 Å². The molecule has 0 unspecified atom stereocenters. The number of carbonyl (C=O) groups excluding carboxylic acids is 1. The van der Waals surface area contributed by atoms with Crippen LogP contribution in [-0.2, 0) is 4.79 Å². The van der Waals surface area contributed by atoms with Crippen molar-refractivity contribution in [1.82, 2.24) is 0 Å². The van der Waals surface area contributed by atoms with E-state index in [0.29, 0.717) is 16.4 Å². The number of hydrogen-bond donors (Lipinski definition) is 1. The van der Waals surface area contributed by atoms with E-state index in [4.69, 9.17) is 16.0 Å². The van der Waals surface area contributed by atoms with Gasteiger partial charge >= 0.3 is 0 Å².